The minimum Gasteiger partial charge on any atom is -0.496 e. The SMILES string of the molecule is COc1cc(OC)c(CN(C)CCC(=O)O)c(OC)c1. The number of nitrogens with zero attached hydrogens (tertiary/aromatic N) is 1. The van der Waals surface area contributed by atoms with Gasteiger partial charge in [0.05, 0.1) is 33.3 Å². The minimum atomic E-state index is -0.814. The second-order valence-electron chi connectivity index (χ2n) is 4.39. The number of hydrogen-bond donors (Lipinski definition) is 1. The molecule has 0 fully saturated rings. The van der Waals surface area contributed by atoms with Gasteiger partial charge in [0, 0.05) is 25.2 Å². The van der Waals surface area contributed by atoms with Crippen LogP contribution in [0.15, 0.2) is 12.1 Å². The lowest BCUT2D eigenvalue weighted by Gasteiger charge is -2.20. The molecular formula is C14H21NO5. The molecule has 1 rings (SSSR count). The summed E-state index contributed by atoms with van der Waals surface area (Å²) in [6, 6.07) is 3.56. The van der Waals surface area contributed by atoms with Crippen molar-refractivity contribution in [2.45, 2.75) is 13.0 Å². The molecule has 20 heavy (non-hydrogen) atoms. The molecule has 1 aromatic carbocycles. The number of aliphatic carboxylic acids is 1. The summed E-state index contributed by atoms with van der Waals surface area (Å²) in [4.78, 5) is 12.5. The summed E-state index contributed by atoms with van der Waals surface area (Å²) in [6.07, 6.45) is 0.0945. The van der Waals surface area contributed by atoms with Gasteiger partial charge < -0.3 is 24.2 Å². The van der Waals surface area contributed by atoms with E-state index in [4.69, 9.17) is 19.3 Å². The summed E-state index contributed by atoms with van der Waals surface area (Å²) in [6.45, 7) is 0.983. The first-order valence-corrected chi connectivity index (χ1v) is 6.21. The molecule has 0 aliphatic carbocycles. The third-order valence-electron chi connectivity index (χ3n) is 2.95. The van der Waals surface area contributed by atoms with E-state index in [0.717, 1.165) is 5.56 Å². The van der Waals surface area contributed by atoms with Gasteiger partial charge in [-0.2, -0.15) is 0 Å². The fourth-order valence-electron chi connectivity index (χ4n) is 1.87. The van der Waals surface area contributed by atoms with Crippen LogP contribution >= 0.6 is 0 Å². The highest BCUT2D eigenvalue weighted by molar-refractivity contribution is 5.66. The summed E-state index contributed by atoms with van der Waals surface area (Å²) in [7, 11) is 6.59. The topological polar surface area (TPSA) is 68.2 Å². The second-order valence-corrected chi connectivity index (χ2v) is 4.39. The van der Waals surface area contributed by atoms with E-state index in [9.17, 15) is 4.79 Å². The number of benzene rings is 1. The normalized spacial score (nSPS) is 10.4. The first-order chi connectivity index (χ1) is 9.51. The third-order valence-corrected chi connectivity index (χ3v) is 2.95. The summed E-state index contributed by atoms with van der Waals surface area (Å²) >= 11 is 0. The zero-order valence-corrected chi connectivity index (χ0v) is 12.3. The number of methoxy groups -OCH3 is 3. The van der Waals surface area contributed by atoms with Gasteiger partial charge in [-0.05, 0) is 7.05 Å². The van der Waals surface area contributed by atoms with Crippen LogP contribution in [0.4, 0.5) is 0 Å². The van der Waals surface area contributed by atoms with E-state index < -0.39 is 5.97 Å². The molecule has 6 heteroatoms. The Morgan fingerprint density at radius 3 is 2.10 bits per heavy atom. The maximum absolute atomic E-state index is 10.6. The molecule has 0 spiro atoms. The average Bonchev–Trinajstić information content (AvgIpc) is 2.45. The Bertz CT molecular complexity index is 436. The number of carboxylic acid groups (broad SMARTS) is 1. The van der Waals surface area contributed by atoms with Crippen LogP contribution < -0.4 is 14.2 Å². The Balaban J connectivity index is 2.94. The summed E-state index contributed by atoms with van der Waals surface area (Å²) in [5.74, 6) is 1.15. The molecule has 0 saturated carbocycles. The molecule has 0 radical (unpaired) electrons. The second kappa shape index (κ2) is 7.59. The van der Waals surface area contributed by atoms with E-state index >= 15 is 0 Å². The van der Waals surface area contributed by atoms with Crippen LogP contribution in [-0.4, -0.2) is 50.9 Å². The standard InChI is InChI=1S/C14H21NO5/c1-15(6-5-14(16)17)9-11-12(19-3)7-10(18-2)8-13(11)20-4/h7-8H,5-6,9H2,1-4H3,(H,16,17). The van der Waals surface area contributed by atoms with E-state index in [1.54, 1.807) is 33.5 Å². The lowest BCUT2D eigenvalue weighted by atomic mass is 10.1. The molecule has 0 unspecified atom stereocenters. The van der Waals surface area contributed by atoms with Crippen molar-refractivity contribution in [3.05, 3.63) is 17.7 Å². The molecule has 0 aromatic heterocycles. The maximum atomic E-state index is 10.6. The number of rotatable bonds is 8. The quantitative estimate of drug-likeness (QED) is 0.782. The molecule has 0 aliphatic rings. The Kier molecular flexibility index (Phi) is 6.11. The van der Waals surface area contributed by atoms with Crippen LogP contribution in [0.3, 0.4) is 0 Å². The fourth-order valence-corrected chi connectivity index (χ4v) is 1.87. The number of carbonyl (C=O) groups is 1. The van der Waals surface area contributed by atoms with Gasteiger partial charge in [-0.25, -0.2) is 0 Å². The fraction of sp³-hybridized carbons (Fsp3) is 0.500. The van der Waals surface area contributed by atoms with Gasteiger partial charge in [0.25, 0.3) is 0 Å². The summed E-state index contributed by atoms with van der Waals surface area (Å²) < 4.78 is 15.9. The van der Waals surface area contributed by atoms with Crippen molar-refractivity contribution in [3.63, 3.8) is 0 Å². The van der Waals surface area contributed by atoms with E-state index in [1.165, 1.54) is 0 Å². The Hall–Kier alpha value is -1.95. The maximum Gasteiger partial charge on any atom is 0.304 e. The van der Waals surface area contributed by atoms with E-state index in [0.29, 0.717) is 30.3 Å². The lowest BCUT2D eigenvalue weighted by molar-refractivity contribution is -0.137. The van der Waals surface area contributed by atoms with Crippen molar-refractivity contribution in [2.24, 2.45) is 0 Å². The zero-order valence-electron chi connectivity index (χ0n) is 12.3. The van der Waals surface area contributed by atoms with E-state index in [-0.39, 0.29) is 6.42 Å². The summed E-state index contributed by atoms with van der Waals surface area (Å²) in [5.41, 5.74) is 0.865. The van der Waals surface area contributed by atoms with E-state index in [1.807, 2.05) is 11.9 Å². The molecule has 0 saturated heterocycles. The first kappa shape index (κ1) is 16.1. The van der Waals surface area contributed by atoms with Gasteiger partial charge in [0.15, 0.2) is 0 Å². The van der Waals surface area contributed by atoms with Crippen molar-refractivity contribution in [1.82, 2.24) is 4.90 Å². The third kappa shape index (κ3) is 4.31. The largest absolute Gasteiger partial charge is 0.496 e. The van der Waals surface area contributed by atoms with Crippen LogP contribution in [-0.2, 0) is 11.3 Å². The monoisotopic (exact) mass is 283 g/mol. The van der Waals surface area contributed by atoms with Crippen LogP contribution in [0.25, 0.3) is 0 Å². The molecule has 1 N–H and O–H groups in total. The van der Waals surface area contributed by atoms with Gasteiger partial charge in [-0.1, -0.05) is 0 Å². The molecule has 0 atom stereocenters. The molecule has 1 aromatic rings. The zero-order chi connectivity index (χ0) is 15.1. The highest BCUT2D eigenvalue weighted by Gasteiger charge is 2.15. The molecule has 112 valence electrons. The van der Waals surface area contributed by atoms with Crippen LogP contribution in [0, 0.1) is 0 Å². The van der Waals surface area contributed by atoms with Gasteiger partial charge in [0.1, 0.15) is 17.2 Å². The summed E-state index contributed by atoms with van der Waals surface area (Å²) in [5, 5.41) is 8.71. The van der Waals surface area contributed by atoms with Gasteiger partial charge in [0.2, 0.25) is 0 Å². The van der Waals surface area contributed by atoms with Gasteiger partial charge in [-0.15, -0.1) is 0 Å². The predicted octanol–water partition coefficient (Wildman–Crippen LogP) is 1.62. The smallest absolute Gasteiger partial charge is 0.304 e. The van der Waals surface area contributed by atoms with E-state index in [2.05, 4.69) is 0 Å². The molecule has 6 nitrogen and oxygen atoms in total. The van der Waals surface area contributed by atoms with Crippen molar-refractivity contribution in [1.29, 1.82) is 0 Å². The van der Waals surface area contributed by atoms with Crippen LogP contribution in [0.5, 0.6) is 17.2 Å². The first-order valence-electron chi connectivity index (χ1n) is 6.21. The molecule has 0 aliphatic heterocycles. The highest BCUT2D eigenvalue weighted by atomic mass is 16.5. The van der Waals surface area contributed by atoms with Crippen molar-refractivity contribution in [2.75, 3.05) is 34.9 Å². The lowest BCUT2D eigenvalue weighted by Crippen LogP contribution is -2.22. The number of hydrogen-bond acceptors (Lipinski definition) is 5. The molecular weight excluding hydrogens is 262 g/mol. The molecule has 0 heterocycles. The van der Waals surface area contributed by atoms with Crippen molar-refractivity contribution >= 4 is 5.97 Å². The Morgan fingerprint density at radius 2 is 1.70 bits per heavy atom. The van der Waals surface area contributed by atoms with Crippen molar-refractivity contribution < 1.29 is 24.1 Å². The Labute approximate surface area is 118 Å². The highest BCUT2D eigenvalue weighted by Crippen LogP contribution is 2.34. The predicted molar refractivity (Wildman–Crippen MR) is 74.7 cm³/mol. The molecule has 0 bridgehead atoms. The number of ether oxygens (including phenoxy) is 3. The molecule has 0 amide bonds. The number of carboxylic acids is 1. The van der Waals surface area contributed by atoms with Gasteiger partial charge >= 0.3 is 5.97 Å². The Morgan fingerprint density at radius 1 is 1.15 bits per heavy atom. The van der Waals surface area contributed by atoms with Crippen molar-refractivity contribution in [3.8, 4) is 17.2 Å². The van der Waals surface area contributed by atoms with Crippen LogP contribution in [0.2, 0.25) is 0 Å². The average molecular weight is 283 g/mol. The van der Waals surface area contributed by atoms with Gasteiger partial charge in [-0.3, -0.25) is 4.79 Å². The minimum absolute atomic E-state index is 0.0945. The van der Waals surface area contributed by atoms with Crippen LogP contribution in [0.1, 0.15) is 12.0 Å².